The van der Waals surface area contributed by atoms with Gasteiger partial charge >= 0.3 is 11.9 Å². The lowest BCUT2D eigenvalue weighted by atomic mass is 10.2. The Bertz CT molecular complexity index is 683. The Labute approximate surface area is 143 Å². The van der Waals surface area contributed by atoms with Gasteiger partial charge in [-0.05, 0) is 24.3 Å². The molecule has 2 aromatic carbocycles. The van der Waals surface area contributed by atoms with Gasteiger partial charge in [0.15, 0.2) is 0 Å². The second-order valence-corrected chi connectivity index (χ2v) is 4.68. The van der Waals surface area contributed by atoms with Crippen LogP contribution in [0.5, 0.6) is 0 Å². The number of nitrogens with zero attached hydrogens (tertiary/aromatic N) is 1. The van der Waals surface area contributed by atoms with Gasteiger partial charge in [0.05, 0.1) is 0 Å². The molecule has 0 radical (unpaired) electrons. The van der Waals surface area contributed by atoms with E-state index in [0.29, 0.717) is 16.1 Å². The molecule has 0 fully saturated rings. The minimum absolute atomic E-state index is 0.379. The first-order valence-electron chi connectivity index (χ1n) is 7.00. The molecule has 8 nitrogen and oxygen atoms in total. The molecule has 2 rings (SSSR count). The zero-order valence-electron chi connectivity index (χ0n) is 13.0. The average Bonchev–Trinajstić information content (AvgIpc) is 2.60. The molecular formula is C17H16N2O6. The van der Waals surface area contributed by atoms with Gasteiger partial charge in [-0.2, -0.15) is 0 Å². The van der Waals surface area contributed by atoms with Crippen molar-refractivity contribution >= 4 is 23.8 Å². The molecule has 25 heavy (non-hydrogen) atoms. The Balaban J connectivity index is 0.000000381. The quantitative estimate of drug-likeness (QED) is 0.250. The molecule has 0 bridgehead atoms. The summed E-state index contributed by atoms with van der Waals surface area (Å²) in [5.74, 6) is 1.89. The van der Waals surface area contributed by atoms with Gasteiger partial charge in [0.2, 0.25) is 0 Å². The molecule has 0 saturated heterocycles. The van der Waals surface area contributed by atoms with E-state index in [-0.39, 0.29) is 0 Å². The second kappa shape index (κ2) is 9.58. The number of carbonyl (C=O) groups excluding carboxylic acids is 2. The van der Waals surface area contributed by atoms with Crippen LogP contribution >= 0.6 is 0 Å². The summed E-state index contributed by atoms with van der Waals surface area (Å²) in [6, 6.07) is 16.9. The van der Waals surface area contributed by atoms with E-state index in [0.717, 1.165) is 0 Å². The van der Waals surface area contributed by atoms with Crippen molar-refractivity contribution in [3.63, 3.8) is 0 Å². The maximum atomic E-state index is 11.9. The van der Waals surface area contributed by atoms with E-state index >= 15 is 0 Å². The molecule has 0 aliphatic rings. The Morgan fingerprint density at radius 1 is 0.720 bits per heavy atom. The molecule has 0 aliphatic carbocycles. The van der Waals surface area contributed by atoms with Gasteiger partial charge in [-0.25, -0.2) is 10.9 Å². The monoisotopic (exact) mass is 344 g/mol. The summed E-state index contributed by atoms with van der Waals surface area (Å²) in [5.41, 5.74) is 0.758. The molecule has 2 amide bonds. The lowest BCUT2D eigenvalue weighted by Crippen LogP contribution is -2.42. The third-order valence-corrected chi connectivity index (χ3v) is 2.78. The Morgan fingerprint density at radius 2 is 1.04 bits per heavy atom. The maximum absolute atomic E-state index is 11.9. The molecule has 0 aliphatic heterocycles. The Hall–Kier alpha value is -3.52. The third kappa shape index (κ3) is 6.63. The van der Waals surface area contributed by atoms with Gasteiger partial charge in [0, 0.05) is 11.1 Å². The zero-order chi connectivity index (χ0) is 18.8. The molecule has 0 aromatic heterocycles. The summed E-state index contributed by atoms with van der Waals surface area (Å²) in [6.07, 6.45) is -0.806. The number of hydrazine groups is 1. The topological polar surface area (TPSA) is 138 Å². The molecule has 2 aromatic rings. The van der Waals surface area contributed by atoms with Crippen LogP contribution in [0.1, 0.15) is 27.1 Å². The van der Waals surface area contributed by atoms with Crippen molar-refractivity contribution in [1.29, 1.82) is 0 Å². The van der Waals surface area contributed by atoms with Gasteiger partial charge in [-0.3, -0.25) is 19.2 Å². The minimum atomic E-state index is -1.31. The van der Waals surface area contributed by atoms with E-state index in [9.17, 15) is 19.2 Å². The van der Waals surface area contributed by atoms with Crippen molar-refractivity contribution < 1.29 is 29.4 Å². The van der Waals surface area contributed by atoms with Crippen molar-refractivity contribution in [3.8, 4) is 0 Å². The predicted octanol–water partition coefficient (Wildman–Crippen LogP) is 1.39. The average molecular weight is 344 g/mol. The van der Waals surface area contributed by atoms with Crippen LogP contribution in [0.4, 0.5) is 0 Å². The summed E-state index contributed by atoms with van der Waals surface area (Å²) < 4.78 is 0. The van der Waals surface area contributed by atoms with Crippen molar-refractivity contribution in [2.45, 2.75) is 6.42 Å². The first-order valence-corrected chi connectivity index (χ1v) is 7.00. The van der Waals surface area contributed by atoms with Gasteiger partial charge in [0.1, 0.15) is 6.42 Å². The summed E-state index contributed by atoms with van der Waals surface area (Å²) in [7, 11) is 0. The normalized spacial score (nSPS) is 9.32. The van der Waals surface area contributed by atoms with Crippen molar-refractivity contribution in [2.24, 2.45) is 5.84 Å². The van der Waals surface area contributed by atoms with Crippen LogP contribution < -0.4 is 5.84 Å². The van der Waals surface area contributed by atoms with Crippen LogP contribution in [0, 0.1) is 0 Å². The molecule has 0 spiro atoms. The highest BCUT2D eigenvalue weighted by Crippen LogP contribution is 2.06. The Morgan fingerprint density at radius 3 is 1.28 bits per heavy atom. The summed E-state index contributed by atoms with van der Waals surface area (Å²) in [4.78, 5) is 42.7. The van der Waals surface area contributed by atoms with Crippen LogP contribution in [0.2, 0.25) is 0 Å². The highest BCUT2D eigenvalue weighted by atomic mass is 16.4. The van der Waals surface area contributed by atoms with E-state index in [2.05, 4.69) is 0 Å². The highest BCUT2D eigenvalue weighted by molar-refractivity contribution is 6.09. The van der Waals surface area contributed by atoms with Gasteiger partial charge in [0.25, 0.3) is 11.8 Å². The molecule has 0 unspecified atom stereocenters. The second-order valence-electron chi connectivity index (χ2n) is 4.68. The number of hydrogen-bond acceptors (Lipinski definition) is 5. The van der Waals surface area contributed by atoms with Crippen LogP contribution in [-0.4, -0.2) is 39.0 Å². The largest absolute Gasteiger partial charge is 0.481 e. The third-order valence-electron chi connectivity index (χ3n) is 2.78. The number of carbonyl (C=O) groups is 4. The van der Waals surface area contributed by atoms with E-state index in [1.165, 1.54) is 0 Å². The van der Waals surface area contributed by atoms with Crippen LogP contribution in [-0.2, 0) is 9.59 Å². The summed E-state index contributed by atoms with van der Waals surface area (Å²) in [5, 5.41) is 16.0. The predicted molar refractivity (Wildman–Crippen MR) is 87.5 cm³/mol. The van der Waals surface area contributed by atoms with E-state index in [4.69, 9.17) is 16.1 Å². The number of rotatable bonds is 4. The lowest BCUT2D eigenvalue weighted by Gasteiger charge is -2.14. The van der Waals surface area contributed by atoms with Gasteiger partial charge in [-0.1, -0.05) is 36.4 Å². The number of benzene rings is 2. The standard InChI is InChI=1S/C14H12N2O2.C3H4O4/c15-16(13(17)11-7-3-1-4-8-11)14(18)12-9-5-2-6-10-12;4-2(5)1-3(6)7/h1-10H,15H2;1H2,(H,4,5)(H,6,7). The fourth-order valence-electron chi connectivity index (χ4n) is 1.66. The number of amides is 2. The minimum Gasteiger partial charge on any atom is -0.481 e. The highest BCUT2D eigenvalue weighted by Gasteiger charge is 2.20. The number of nitrogens with two attached hydrogens (primary N) is 1. The fraction of sp³-hybridized carbons (Fsp3) is 0.0588. The molecule has 0 heterocycles. The van der Waals surface area contributed by atoms with Crippen molar-refractivity contribution in [1.82, 2.24) is 5.01 Å². The molecule has 0 atom stereocenters. The number of carboxylic acids is 2. The van der Waals surface area contributed by atoms with Crippen LogP contribution in [0.25, 0.3) is 0 Å². The van der Waals surface area contributed by atoms with Crippen LogP contribution in [0.15, 0.2) is 60.7 Å². The smallest absolute Gasteiger partial charge is 0.314 e. The van der Waals surface area contributed by atoms with Gasteiger partial charge < -0.3 is 10.2 Å². The van der Waals surface area contributed by atoms with E-state index in [1.54, 1.807) is 60.7 Å². The van der Waals surface area contributed by atoms with Crippen LogP contribution in [0.3, 0.4) is 0 Å². The van der Waals surface area contributed by atoms with E-state index in [1.807, 2.05) is 0 Å². The summed E-state index contributed by atoms with van der Waals surface area (Å²) >= 11 is 0. The first kappa shape index (κ1) is 19.5. The fourth-order valence-corrected chi connectivity index (χ4v) is 1.66. The number of hydrogen-bond donors (Lipinski definition) is 3. The number of carboxylic acid groups (broad SMARTS) is 2. The molecular weight excluding hydrogens is 328 g/mol. The SMILES string of the molecule is NN(C(=O)c1ccccc1)C(=O)c1ccccc1.O=C(O)CC(=O)O. The number of imide groups is 1. The van der Waals surface area contributed by atoms with Gasteiger partial charge in [-0.15, -0.1) is 0 Å². The maximum Gasteiger partial charge on any atom is 0.314 e. The zero-order valence-corrected chi connectivity index (χ0v) is 13.0. The Kier molecular flexibility index (Phi) is 7.48. The van der Waals surface area contributed by atoms with Crippen molar-refractivity contribution in [3.05, 3.63) is 71.8 Å². The first-order chi connectivity index (χ1) is 11.8. The molecule has 0 saturated carbocycles. The lowest BCUT2D eigenvalue weighted by molar-refractivity contribution is -0.147. The van der Waals surface area contributed by atoms with Crippen molar-refractivity contribution in [2.75, 3.05) is 0 Å². The molecule has 8 heteroatoms. The summed E-state index contributed by atoms with van der Waals surface area (Å²) in [6.45, 7) is 0. The molecule has 130 valence electrons. The number of aliphatic carboxylic acids is 2. The van der Waals surface area contributed by atoms with E-state index < -0.39 is 30.2 Å². The molecule has 4 N–H and O–H groups in total.